The van der Waals surface area contributed by atoms with Gasteiger partial charge in [0.15, 0.2) is 0 Å². The van der Waals surface area contributed by atoms with Gasteiger partial charge in [-0.2, -0.15) is 10.4 Å². The molecule has 3 aliphatic rings. The molecule has 0 bridgehead atoms. The highest BCUT2D eigenvalue weighted by molar-refractivity contribution is 6.30. The molecule has 0 radical (unpaired) electrons. The van der Waals surface area contributed by atoms with E-state index in [-0.39, 0.29) is 36.1 Å². The van der Waals surface area contributed by atoms with E-state index in [1.54, 1.807) is 9.69 Å². The van der Waals surface area contributed by atoms with E-state index in [4.69, 9.17) is 16.3 Å². The molecule has 2 aromatic carbocycles. The lowest BCUT2D eigenvalue weighted by Crippen LogP contribution is -2.58. The van der Waals surface area contributed by atoms with Crippen LogP contribution in [0.25, 0.3) is 11.0 Å². The summed E-state index contributed by atoms with van der Waals surface area (Å²) in [7, 11) is 1.83. The summed E-state index contributed by atoms with van der Waals surface area (Å²) < 4.78 is 7.90. The molecule has 1 fully saturated rings. The Morgan fingerprint density at radius 3 is 2.79 bits per heavy atom. The van der Waals surface area contributed by atoms with Gasteiger partial charge in [0.1, 0.15) is 11.1 Å². The summed E-state index contributed by atoms with van der Waals surface area (Å²) in [6.07, 6.45) is 5.62. The number of aliphatic carboxylic acids is 1. The molecular weight excluding hydrogens is 560 g/mol. The number of benzene rings is 2. The highest BCUT2D eigenvalue weighted by atomic mass is 35.5. The molecule has 42 heavy (non-hydrogen) atoms. The smallest absolute Gasteiger partial charge is 0.304 e. The van der Waals surface area contributed by atoms with Crippen molar-refractivity contribution >= 4 is 34.3 Å². The Balaban J connectivity index is 1.33. The van der Waals surface area contributed by atoms with Gasteiger partial charge in [0.25, 0.3) is 11.6 Å². The van der Waals surface area contributed by atoms with Gasteiger partial charge in [-0.3, -0.25) is 4.79 Å². The lowest BCUT2D eigenvalue weighted by Gasteiger charge is -2.31. The molecule has 3 heterocycles. The summed E-state index contributed by atoms with van der Waals surface area (Å²) in [6, 6.07) is 9.55. The number of aryl methyl sites for hydroxylation is 3. The van der Waals surface area contributed by atoms with Gasteiger partial charge in [-0.25, -0.2) is 9.67 Å². The Hall–Kier alpha value is -3.61. The van der Waals surface area contributed by atoms with Crippen molar-refractivity contribution in [1.82, 2.24) is 29.9 Å². The molecule has 0 saturated heterocycles. The molecule has 3 N–H and O–H groups in total. The average molecular weight is 592 g/mol. The SMILES string of the molecule is Cc1c(C(CC(=O)O)c2cc3c(c(CN4CC5(CC5)Oc5ncc(Cl)cc5[N+]4(O)O)c2)CCC3)ccc2c1nnn2C. The van der Waals surface area contributed by atoms with Crippen molar-refractivity contribution in [3.63, 3.8) is 0 Å². The van der Waals surface area contributed by atoms with E-state index in [1.165, 1.54) is 23.4 Å². The zero-order chi connectivity index (χ0) is 29.4. The van der Waals surface area contributed by atoms with Crippen LogP contribution in [0.1, 0.15) is 65.0 Å². The molecule has 12 heteroatoms. The maximum atomic E-state index is 12.2. The van der Waals surface area contributed by atoms with Crippen molar-refractivity contribution in [1.29, 1.82) is 0 Å². The maximum absolute atomic E-state index is 12.2. The number of hydrogen-bond acceptors (Lipinski definition) is 8. The lowest BCUT2D eigenvalue weighted by atomic mass is 9.83. The van der Waals surface area contributed by atoms with Crippen molar-refractivity contribution in [3.05, 3.63) is 74.9 Å². The zero-order valence-electron chi connectivity index (χ0n) is 23.4. The van der Waals surface area contributed by atoms with E-state index in [0.29, 0.717) is 0 Å². The molecule has 7 rings (SSSR count). The van der Waals surface area contributed by atoms with Crippen LogP contribution in [0.4, 0.5) is 5.69 Å². The fraction of sp³-hybridized carbons (Fsp3) is 0.400. The highest BCUT2D eigenvalue weighted by Gasteiger charge is 2.57. The van der Waals surface area contributed by atoms with Crippen LogP contribution in [0.5, 0.6) is 5.88 Å². The topological polar surface area (TPSA) is 134 Å². The van der Waals surface area contributed by atoms with E-state index in [0.717, 1.165) is 65.4 Å². The maximum Gasteiger partial charge on any atom is 0.304 e. The zero-order valence-corrected chi connectivity index (χ0v) is 24.2. The van der Waals surface area contributed by atoms with Gasteiger partial charge in [-0.1, -0.05) is 40.0 Å². The summed E-state index contributed by atoms with van der Waals surface area (Å²) in [5.41, 5.74) is 7.07. The van der Waals surface area contributed by atoms with Crippen LogP contribution in [0, 0.1) is 6.92 Å². The third kappa shape index (κ3) is 4.52. The second-order valence-electron chi connectivity index (χ2n) is 11.8. The Kier molecular flexibility index (Phi) is 6.30. The van der Waals surface area contributed by atoms with Gasteiger partial charge >= 0.3 is 5.97 Å². The summed E-state index contributed by atoms with van der Waals surface area (Å²) >= 11 is 6.21. The van der Waals surface area contributed by atoms with Crippen LogP contribution in [0.15, 0.2) is 36.5 Å². The Morgan fingerprint density at radius 1 is 1.21 bits per heavy atom. The van der Waals surface area contributed by atoms with Crippen molar-refractivity contribution < 1.29 is 25.1 Å². The van der Waals surface area contributed by atoms with Crippen LogP contribution in [0.2, 0.25) is 5.02 Å². The first-order valence-corrected chi connectivity index (χ1v) is 14.5. The lowest BCUT2D eigenvalue weighted by molar-refractivity contribution is -0.404. The van der Waals surface area contributed by atoms with Gasteiger partial charge in [0.2, 0.25) is 0 Å². The quantitative estimate of drug-likeness (QED) is 0.269. The minimum Gasteiger partial charge on any atom is -0.481 e. The monoisotopic (exact) mass is 591 g/mol. The first kappa shape index (κ1) is 27.2. The largest absolute Gasteiger partial charge is 0.481 e. The number of fused-ring (bicyclic) bond motifs is 3. The normalized spacial score (nSPS) is 19.3. The Morgan fingerprint density at radius 2 is 2.02 bits per heavy atom. The molecule has 1 saturated carbocycles. The Bertz CT molecular complexity index is 1750. The fourth-order valence-electron chi connectivity index (χ4n) is 6.66. The van der Waals surface area contributed by atoms with E-state index in [2.05, 4.69) is 21.4 Å². The number of ether oxygens (including phenoxy) is 1. The molecule has 2 aliphatic carbocycles. The van der Waals surface area contributed by atoms with Crippen LogP contribution < -0.4 is 9.66 Å². The third-order valence-corrected chi connectivity index (χ3v) is 9.23. The molecular formula is C30H32ClN6O5+. The van der Waals surface area contributed by atoms with Crippen LogP contribution >= 0.6 is 11.6 Å². The summed E-state index contributed by atoms with van der Waals surface area (Å²) in [5, 5.41) is 43.3. The minimum atomic E-state index is -1.54. The molecule has 1 unspecified atom stereocenters. The van der Waals surface area contributed by atoms with E-state index in [9.17, 15) is 20.3 Å². The number of rotatable bonds is 6. The molecule has 2 aromatic heterocycles. The van der Waals surface area contributed by atoms with Crippen molar-refractivity contribution in [2.45, 2.75) is 63.5 Å². The first-order chi connectivity index (χ1) is 20.0. The standard InChI is InChI=1S/C30H31ClN6O5/c1-17-22(6-7-25-28(17)33-34-35(25)2)24(13-27(38)39)19-10-18-4-3-5-23(18)20(11-19)15-36-16-30(8-9-30)42-29-26(37(36,40)41)12-21(31)14-32-29/h6-7,10-12,14,24,40-41H,3-5,8-9,13,15-16H2,1-2H3/p+1. The predicted octanol–water partition coefficient (Wildman–Crippen LogP) is 4.85. The molecule has 0 amide bonds. The molecule has 11 nitrogen and oxygen atoms in total. The summed E-state index contributed by atoms with van der Waals surface area (Å²) in [4.78, 5) is 14.9. The predicted molar refractivity (Wildman–Crippen MR) is 153 cm³/mol. The van der Waals surface area contributed by atoms with Gasteiger partial charge in [-0.05, 0) is 78.5 Å². The van der Waals surface area contributed by atoms with E-state index < -0.39 is 22.4 Å². The number of pyridine rings is 1. The average Bonchev–Trinajstić information content (AvgIpc) is 3.35. The molecule has 218 valence electrons. The van der Waals surface area contributed by atoms with Crippen LogP contribution in [-0.4, -0.2) is 58.6 Å². The first-order valence-electron chi connectivity index (χ1n) is 14.1. The minimum absolute atomic E-state index is 0.0516. The number of carboxylic acids is 1. The van der Waals surface area contributed by atoms with Crippen molar-refractivity contribution in [3.8, 4) is 5.88 Å². The van der Waals surface area contributed by atoms with Crippen molar-refractivity contribution in [2.24, 2.45) is 7.05 Å². The van der Waals surface area contributed by atoms with E-state index >= 15 is 0 Å². The summed E-state index contributed by atoms with van der Waals surface area (Å²) in [5.74, 6) is -1.17. The van der Waals surface area contributed by atoms with Gasteiger partial charge < -0.3 is 9.84 Å². The molecule has 1 spiro atoms. The second kappa shape index (κ2) is 9.72. The fourth-order valence-corrected chi connectivity index (χ4v) is 6.81. The molecule has 1 atom stereocenters. The number of hydrogen-bond donors (Lipinski definition) is 3. The molecule has 1 aliphatic heterocycles. The Labute approximate surface area is 247 Å². The van der Waals surface area contributed by atoms with Gasteiger partial charge in [0, 0.05) is 25.2 Å². The molecule has 4 aromatic rings. The number of halogens is 1. The second-order valence-corrected chi connectivity index (χ2v) is 12.3. The number of carbonyl (C=O) groups is 1. The van der Waals surface area contributed by atoms with E-state index in [1.807, 2.05) is 32.2 Å². The number of nitrogens with zero attached hydrogens (tertiary/aromatic N) is 6. The van der Waals surface area contributed by atoms with Gasteiger partial charge in [-0.15, -0.1) is 5.10 Å². The number of carboxylic acid groups (broad SMARTS) is 1. The van der Waals surface area contributed by atoms with Crippen LogP contribution in [0.3, 0.4) is 0 Å². The number of quaternary nitrogens is 1. The highest BCUT2D eigenvalue weighted by Crippen LogP contribution is 2.48. The van der Waals surface area contributed by atoms with Crippen molar-refractivity contribution in [2.75, 3.05) is 6.54 Å². The number of aromatic nitrogens is 4. The summed E-state index contributed by atoms with van der Waals surface area (Å²) in [6.45, 7) is 2.44. The third-order valence-electron chi connectivity index (χ3n) is 9.03. The van der Waals surface area contributed by atoms with Gasteiger partial charge in [0.05, 0.1) is 35.0 Å². The van der Waals surface area contributed by atoms with Crippen LogP contribution in [-0.2, 0) is 31.2 Å².